The van der Waals surface area contributed by atoms with Crippen LogP contribution in [0.15, 0.2) is 36.4 Å². The van der Waals surface area contributed by atoms with Gasteiger partial charge in [-0.3, -0.25) is 0 Å². The predicted octanol–water partition coefficient (Wildman–Crippen LogP) is 1.91. The number of anilines is 2. The Bertz CT molecular complexity index is 696. The van der Waals surface area contributed by atoms with Gasteiger partial charge in [-0.15, -0.1) is 0 Å². The van der Waals surface area contributed by atoms with Gasteiger partial charge in [0, 0.05) is 11.3 Å². The first kappa shape index (κ1) is 13.4. The molecule has 6 heteroatoms. The maximum Gasteiger partial charge on any atom is 0.339 e. The Balaban J connectivity index is 2.83. The van der Waals surface area contributed by atoms with Crippen LogP contribution in [-0.2, 0) is 0 Å². The number of hydrogen-bond acceptors (Lipinski definition) is 4. The second-order valence-corrected chi connectivity index (χ2v) is 4.15. The summed E-state index contributed by atoms with van der Waals surface area (Å²) in [5, 5.41) is 18.4. The third kappa shape index (κ3) is 2.14. The predicted molar refractivity (Wildman–Crippen MR) is 74.6 cm³/mol. The zero-order valence-electron chi connectivity index (χ0n) is 10.3. The van der Waals surface area contributed by atoms with Gasteiger partial charge >= 0.3 is 11.9 Å². The van der Waals surface area contributed by atoms with E-state index in [9.17, 15) is 14.7 Å². The van der Waals surface area contributed by atoms with Gasteiger partial charge in [-0.1, -0.05) is 30.3 Å². The van der Waals surface area contributed by atoms with Gasteiger partial charge in [-0.05, 0) is 11.6 Å². The number of rotatable bonds is 3. The zero-order chi connectivity index (χ0) is 14.9. The molecule has 2 aromatic carbocycles. The molecule has 2 aromatic rings. The van der Waals surface area contributed by atoms with Crippen LogP contribution >= 0.6 is 0 Å². The van der Waals surface area contributed by atoms with E-state index < -0.39 is 11.9 Å². The quantitative estimate of drug-likeness (QED) is 0.632. The Morgan fingerprint density at radius 3 is 1.95 bits per heavy atom. The molecule has 6 nitrogen and oxygen atoms in total. The normalized spacial score (nSPS) is 10.2. The van der Waals surface area contributed by atoms with Crippen LogP contribution in [0.1, 0.15) is 20.7 Å². The van der Waals surface area contributed by atoms with E-state index in [0.29, 0.717) is 5.56 Å². The van der Waals surface area contributed by atoms with Crippen molar-refractivity contribution in [3.63, 3.8) is 0 Å². The minimum absolute atomic E-state index is 0.0705. The van der Waals surface area contributed by atoms with Gasteiger partial charge in [0.15, 0.2) is 0 Å². The van der Waals surface area contributed by atoms with Crippen LogP contribution in [-0.4, -0.2) is 22.2 Å². The van der Waals surface area contributed by atoms with Crippen molar-refractivity contribution < 1.29 is 19.8 Å². The zero-order valence-corrected chi connectivity index (χ0v) is 10.3. The molecule has 0 saturated heterocycles. The highest BCUT2D eigenvalue weighted by molar-refractivity contribution is 6.10. The van der Waals surface area contributed by atoms with Gasteiger partial charge in [0.1, 0.15) is 5.56 Å². The molecule has 0 aliphatic rings. The van der Waals surface area contributed by atoms with E-state index in [1.54, 1.807) is 30.3 Å². The minimum Gasteiger partial charge on any atom is -0.478 e. The Kier molecular flexibility index (Phi) is 3.30. The van der Waals surface area contributed by atoms with E-state index in [0.717, 1.165) is 0 Å². The van der Waals surface area contributed by atoms with Crippen molar-refractivity contribution in [2.24, 2.45) is 0 Å². The minimum atomic E-state index is -1.36. The van der Waals surface area contributed by atoms with Gasteiger partial charge < -0.3 is 21.7 Å². The maximum absolute atomic E-state index is 11.4. The number of nitrogen functional groups attached to an aromatic ring is 2. The lowest BCUT2D eigenvalue weighted by Gasteiger charge is -2.14. The Hall–Kier alpha value is -3.02. The van der Waals surface area contributed by atoms with Crippen molar-refractivity contribution in [3.05, 3.63) is 47.5 Å². The molecule has 0 heterocycles. The molecule has 102 valence electrons. The number of nitrogens with two attached hydrogens (primary N) is 2. The van der Waals surface area contributed by atoms with Gasteiger partial charge in [0.25, 0.3) is 0 Å². The number of carboxylic acids is 2. The summed E-state index contributed by atoms with van der Waals surface area (Å²) in [5.41, 5.74) is 11.2. The van der Waals surface area contributed by atoms with Gasteiger partial charge in [-0.2, -0.15) is 0 Å². The van der Waals surface area contributed by atoms with Crippen molar-refractivity contribution in [1.82, 2.24) is 0 Å². The Morgan fingerprint density at radius 1 is 0.900 bits per heavy atom. The van der Waals surface area contributed by atoms with E-state index in [2.05, 4.69) is 0 Å². The second-order valence-electron chi connectivity index (χ2n) is 4.15. The van der Waals surface area contributed by atoms with Crippen LogP contribution in [0, 0.1) is 0 Å². The third-order valence-corrected chi connectivity index (χ3v) is 2.91. The molecule has 0 fully saturated rings. The smallest absolute Gasteiger partial charge is 0.339 e. The molecule has 0 atom stereocenters. The van der Waals surface area contributed by atoms with E-state index in [4.69, 9.17) is 16.6 Å². The molecular weight excluding hydrogens is 260 g/mol. The van der Waals surface area contributed by atoms with Crippen molar-refractivity contribution in [3.8, 4) is 11.1 Å². The van der Waals surface area contributed by atoms with Crippen molar-refractivity contribution >= 4 is 23.3 Å². The number of hydrogen-bond donors (Lipinski definition) is 4. The summed E-state index contributed by atoms with van der Waals surface area (Å²) in [6.45, 7) is 0. The summed E-state index contributed by atoms with van der Waals surface area (Å²) >= 11 is 0. The Morgan fingerprint density at radius 2 is 1.45 bits per heavy atom. The molecule has 0 radical (unpaired) electrons. The molecule has 0 aliphatic heterocycles. The fourth-order valence-corrected chi connectivity index (χ4v) is 2.04. The molecule has 20 heavy (non-hydrogen) atoms. The lowest BCUT2D eigenvalue weighted by Crippen LogP contribution is -2.13. The summed E-state index contributed by atoms with van der Waals surface area (Å²) < 4.78 is 0. The van der Waals surface area contributed by atoms with Crippen LogP contribution in [0.5, 0.6) is 0 Å². The monoisotopic (exact) mass is 272 g/mol. The van der Waals surface area contributed by atoms with E-state index in [-0.39, 0.29) is 28.1 Å². The number of benzene rings is 2. The van der Waals surface area contributed by atoms with Gasteiger partial charge in [0.05, 0.1) is 11.3 Å². The fraction of sp³-hybridized carbons (Fsp3) is 0. The summed E-state index contributed by atoms with van der Waals surface area (Å²) in [5.74, 6) is -2.66. The van der Waals surface area contributed by atoms with Crippen LogP contribution in [0.4, 0.5) is 11.4 Å². The largest absolute Gasteiger partial charge is 0.478 e. The van der Waals surface area contributed by atoms with Crippen LogP contribution < -0.4 is 11.5 Å². The number of carboxylic acid groups (broad SMARTS) is 2. The van der Waals surface area contributed by atoms with Crippen LogP contribution in [0.25, 0.3) is 11.1 Å². The molecule has 0 aliphatic carbocycles. The van der Waals surface area contributed by atoms with Gasteiger partial charge in [-0.25, -0.2) is 9.59 Å². The molecule has 0 unspecified atom stereocenters. The Labute approximate surface area is 114 Å². The van der Waals surface area contributed by atoms with E-state index in [1.807, 2.05) is 0 Å². The molecule has 0 saturated carbocycles. The lowest BCUT2D eigenvalue weighted by molar-refractivity contribution is 0.0696. The molecule has 0 bridgehead atoms. The fourth-order valence-electron chi connectivity index (χ4n) is 2.04. The average molecular weight is 272 g/mol. The molecule has 2 rings (SSSR count). The van der Waals surface area contributed by atoms with E-state index in [1.165, 1.54) is 6.07 Å². The maximum atomic E-state index is 11.4. The van der Waals surface area contributed by atoms with Crippen molar-refractivity contribution in [2.75, 3.05) is 11.5 Å². The highest BCUT2D eigenvalue weighted by Crippen LogP contribution is 2.34. The highest BCUT2D eigenvalue weighted by atomic mass is 16.4. The summed E-state index contributed by atoms with van der Waals surface area (Å²) in [6.07, 6.45) is 0. The molecule has 0 amide bonds. The number of carbonyl (C=O) groups is 2. The lowest BCUT2D eigenvalue weighted by atomic mass is 9.94. The van der Waals surface area contributed by atoms with Crippen LogP contribution in [0.3, 0.4) is 0 Å². The topological polar surface area (TPSA) is 127 Å². The first-order valence-corrected chi connectivity index (χ1v) is 5.67. The molecule has 0 aromatic heterocycles. The summed E-state index contributed by atoms with van der Waals surface area (Å²) in [6, 6.07) is 9.96. The molecule has 6 N–H and O–H groups in total. The number of aromatic carboxylic acids is 2. The van der Waals surface area contributed by atoms with Crippen LogP contribution in [0.2, 0.25) is 0 Å². The first-order chi connectivity index (χ1) is 9.43. The van der Waals surface area contributed by atoms with Crippen molar-refractivity contribution in [2.45, 2.75) is 0 Å². The molecule has 0 spiro atoms. The standard InChI is InChI=1S/C14H12N2O4/c15-9-6-8(7-4-2-1-3-5-7)10(13(17)18)12(16)11(9)14(19)20/h1-6H,15-16H2,(H,17,18)(H,19,20). The second kappa shape index (κ2) is 4.93. The molecular formula is C14H12N2O4. The highest BCUT2D eigenvalue weighted by Gasteiger charge is 2.24. The van der Waals surface area contributed by atoms with Gasteiger partial charge in [0.2, 0.25) is 0 Å². The van der Waals surface area contributed by atoms with E-state index >= 15 is 0 Å². The third-order valence-electron chi connectivity index (χ3n) is 2.91. The summed E-state index contributed by atoms with van der Waals surface area (Å²) in [7, 11) is 0. The first-order valence-electron chi connectivity index (χ1n) is 5.67. The SMILES string of the molecule is Nc1cc(-c2ccccc2)c(C(=O)O)c(N)c1C(=O)O. The van der Waals surface area contributed by atoms with Crippen molar-refractivity contribution in [1.29, 1.82) is 0 Å². The summed E-state index contributed by atoms with van der Waals surface area (Å²) in [4.78, 5) is 22.5. The average Bonchev–Trinajstić information content (AvgIpc) is 2.38.